The minimum Gasteiger partial charge on any atom is -0.456 e. The first-order valence-corrected chi connectivity index (χ1v) is 8.51. The number of unbranched alkanes of at least 4 members (excludes halogenated alkanes) is 1. The minimum atomic E-state index is -0.223. The first-order valence-electron chi connectivity index (χ1n) is 8.51. The molecular weight excluding hydrogens is 264 g/mol. The lowest BCUT2D eigenvalue weighted by molar-refractivity contribution is -0.205. The second-order valence-electron chi connectivity index (χ2n) is 7.39. The number of hydrogen-bond donors (Lipinski definition) is 0. The van der Waals surface area contributed by atoms with Gasteiger partial charge in [-0.05, 0) is 62.7 Å². The number of esters is 1. The number of rotatable bonds is 7. The zero-order chi connectivity index (χ0) is 14.9. The summed E-state index contributed by atoms with van der Waals surface area (Å²) in [7, 11) is 1.76. The number of ether oxygens (including phenoxy) is 2. The molecule has 4 aliphatic carbocycles. The van der Waals surface area contributed by atoms with Crippen molar-refractivity contribution in [2.75, 3.05) is 13.7 Å². The summed E-state index contributed by atoms with van der Waals surface area (Å²) in [4.78, 5) is 11.9. The van der Waals surface area contributed by atoms with E-state index in [1.54, 1.807) is 7.11 Å². The summed E-state index contributed by atoms with van der Waals surface area (Å²) in [5, 5.41) is 0. The van der Waals surface area contributed by atoms with E-state index in [-0.39, 0.29) is 11.6 Å². The highest BCUT2D eigenvalue weighted by Gasteiger charge is 2.58. The molecule has 0 spiro atoms. The molecule has 0 radical (unpaired) electrons. The lowest BCUT2D eigenvalue weighted by atomic mass is 9.49. The Morgan fingerprint density at radius 2 is 1.95 bits per heavy atom. The van der Waals surface area contributed by atoms with Gasteiger partial charge in [0.2, 0.25) is 0 Å². The maximum atomic E-state index is 11.9. The van der Waals surface area contributed by atoms with Gasteiger partial charge in [0.05, 0.1) is 0 Å². The lowest BCUT2D eigenvalue weighted by Crippen LogP contribution is -2.59. The van der Waals surface area contributed by atoms with Crippen LogP contribution >= 0.6 is 0 Å². The third-order valence-electron chi connectivity index (χ3n) is 6.04. The van der Waals surface area contributed by atoms with Crippen LogP contribution in [0.4, 0.5) is 0 Å². The maximum Gasteiger partial charge on any atom is 0.330 e. The van der Waals surface area contributed by atoms with E-state index in [1.165, 1.54) is 38.2 Å². The fraction of sp³-hybridized carbons (Fsp3) is 0.833. The molecule has 21 heavy (non-hydrogen) atoms. The highest BCUT2D eigenvalue weighted by Crippen LogP contribution is 2.61. The molecule has 4 fully saturated rings. The summed E-state index contributed by atoms with van der Waals surface area (Å²) >= 11 is 0. The molecule has 3 unspecified atom stereocenters. The van der Waals surface area contributed by atoms with E-state index in [1.807, 2.05) is 0 Å². The van der Waals surface area contributed by atoms with Crippen molar-refractivity contribution in [2.45, 2.75) is 57.0 Å². The predicted molar refractivity (Wildman–Crippen MR) is 81.8 cm³/mol. The smallest absolute Gasteiger partial charge is 0.330 e. The molecule has 0 aromatic rings. The molecular formula is C18H28O3. The SMILES string of the molecule is C=CC(=O)OC12CC3CC(CC(C3)C1CCCCOC)C2. The van der Waals surface area contributed by atoms with Crippen molar-refractivity contribution in [3.63, 3.8) is 0 Å². The van der Waals surface area contributed by atoms with Crippen LogP contribution in [0.5, 0.6) is 0 Å². The number of hydrogen-bond acceptors (Lipinski definition) is 3. The Hall–Kier alpha value is -0.830. The van der Waals surface area contributed by atoms with Crippen molar-refractivity contribution in [2.24, 2.45) is 23.7 Å². The van der Waals surface area contributed by atoms with Gasteiger partial charge in [-0.25, -0.2) is 4.79 Å². The summed E-state index contributed by atoms with van der Waals surface area (Å²) in [5.74, 6) is 2.69. The average Bonchev–Trinajstić information content (AvgIpc) is 2.44. The van der Waals surface area contributed by atoms with Crippen LogP contribution in [0.25, 0.3) is 0 Å². The van der Waals surface area contributed by atoms with Gasteiger partial charge in [-0.2, -0.15) is 0 Å². The fourth-order valence-corrected chi connectivity index (χ4v) is 5.58. The van der Waals surface area contributed by atoms with Crippen LogP contribution in [0.2, 0.25) is 0 Å². The van der Waals surface area contributed by atoms with Crippen molar-refractivity contribution in [1.29, 1.82) is 0 Å². The van der Waals surface area contributed by atoms with E-state index in [4.69, 9.17) is 9.47 Å². The molecule has 0 amide bonds. The van der Waals surface area contributed by atoms with Gasteiger partial charge in [0.1, 0.15) is 5.60 Å². The van der Waals surface area contributed by atoms with Crippen molar-refractivity contribution >= 4 is 5.97 Å². The zero-order valence-electron chi connectivity index (χ0n) is 13.2. The second kappa shape index (κ2) is 6.12. The van der Waals surface area contributed by atoms with E-state index in [0.717, 1.165) is 43.6 Å². The summed E-state index contributed by atoms with van der Waals surface area (Å²) in [6, 6.07) is 0. The molecule has 0 N–H and O–H groups in total. The Morgan fingerprint density at radius 3 is 2.57 bits per heavy atom. The maximum absolute atomic E-state index is 11.9. The largest absolute Gasteiger partial charge is 0.456 e. The Kier molecular flexibility index (Phi) is 4.39. The summed E-state index contributed by atoms with van der Waals surface area (Å²) < 4.78 is 11.1. The van der Waals surface area contributed by atoms with Gasteiger partial charge in [0, 0.05) is 25.7 Å². The van der Waals surface area contributed by atoms with Gasteiger partial charge in [-0.3, -0.25) is 0 Å². The van der Waals surface area contributed by atoms with Crippen LogP contribution in [-0.4, -0.2) is 25.3 Å². The van der Waals surface area contributed by atoms with Gasteiger partial charge in [-0.15, -0.1) is 0 Å². The van der Waals surface area contributed by atoms with Crippen LogP contribution in [0.15, 0.2) is 12.7 Å². The van der Waals surface area contributed by atoms with Crippen molar-refractivity contribution < 1.29 is 14.3 Å². The Labute approximate surface area is 128 Å². The third kappa shape index (κ3) is 2.90. The molecule has 0 aliphatic heterocycles. The summed E-state index contributed by atoms with van der Waals surface area (Å²) in [5.41, 5.74) is -0.174. The molecule has 118 valence electrons. The highest BCUT2D eigenvalue weighted by atomic mass is 16.6. The molecule has 3 atom stereocenters. The molecule has 4 aliphatic rings. The van der Waals surface area contributed by atoms with Crippen LogP contribution in [0.3, 0.4) is 0 Å². The summed E-state index contributed by atoms with van der Waals surface area (Å²) in [6.07, 6.45) is 11.1. The Balaban J connectivity index is 1.72. The van der Waals surface area contributed by atoms with Crippen molar-refractivity contribution in [3.8, 4) is 0 Å². The van der Waals surface area contributed by atoms with E-state index >= 15 is 0 Å². The Morgan fingerprint density at radius 1 is 1.24 bits per heavy atom. The van der Waals surface area contributed by atoms with Crippen LogP contribution in [0.1, 0.15) is 51.4 Å². The quantitative estimate of drug-likeness (QED) is 0.407. The topological polar surface area (TPSA) is 35.5 Å². The minimum absolute atomic E-state index is 0.174. The molecule has 0 aromatic carbocycles. The van der Waals surface area contributed by atoms with E-state index in [9.17, 15) is 4.79 Å². The monoisotopic (exact) mass is 292 g/mol. The molecule has 0 aromatic heterocycles. The van der Waals surface area contributed by atoms with Gasteiger partial charge in [0.15, 0.2) is 0 Å². The van der Waals surface area contributed by atoms with Gasteiger partial charge in [0.25, 0.3) is 0 Å². The first kappa shape index (κ1) is 15.1. The number of methoxy groups -OCH3 is 1. The van der Waals surface area contributed by atoms with Gasteiger partial charge in [-0.1, -0.05) is 13.0 Å². The van der Waals surface area contributed by atoms with Crippen LogP contribution in [0, 0.1) is 23.7 Å². The van der Waals surface area contributed by atoms with E-state index in [0.29, 0.717) is 5.92 Å². The fourth-order valence-electron chi connectivity index (χ4n) is 5.58. The van der Waals surface area contributed by atoms with Gasteiger partial charge < -0.3 is 9.47 Å². The van der Waals surface area contributed by atoms with Crippen LogP contribution in [-0.2, 0) is 14.3 Å². The first-order chi connectivity index (χ1) is 10.2. The van der Waals surface area contributed by atoms with Crippen molar-refractivity contribution in [3.05, 3.63) is 12.7 Å². The molecule has 4 saturated carbocycles. The number of carbonyl (C=O) groups is 1. The molecule has 0 heterocycles. The number of carbonyl (C=O) groups excluding carboxylic acids is 1. The van der Waals surface area contributed by atoms with Crippen molar-refractivity contribution in [1.82, 2.24) is 0 Å². The van der Waals surface area contributed by atoms with E-state index in [2.05, 4.69) is 6.58 Å². The third-order valence-corrected chi connectivity index (χ3v) is 6.04. The lowest BCUT2D eigenvalue weighted by Gasteiger charge is -2.60. The molecule has 0 saturated heterocycles. The molecule has 3 nitrogen and oxygen atoms in total. The molecule has 4 rings (SSSR count). The van der Waals surface area contributed by atoms with Gasteiger partial charge >= 0.3 is 5.97 Å². The second-order valence-corrected chi connectivity index (χ2v) is 7.39. The van der Waals surface area contributed by atoms with E-state index < -0.39 is 0 Å². The molecule has 4 bridgehead atoms. The molecule has 3 heteroatoms. The average molecular weight is 292 g/mol. The Bertz CT molecular complexity index is 389. The predicted octanol–water partition coefficient (Wildman–Crippen LogP) is 3.73. The highest BCUT2D eigenvalue weighted by molar-refractivity contribution is 5.81. The zero-order valence-corrected chi connectivity index (χ0v) is 13.2. The summed E-state index contributed by atoms with van der Waals surface area (Å²) in [6.45, 7) is 4.41. The standard InChI is InChI=1S/C18H28O3/c1-3-17(19)21-18-11-13-8-14(12-18)10-15(9-13)16(18)6-4-5-7-20-2/h3,13-16H,1,4-12H2,2H3. The van der Waals surface area contributed by atoms with Crippen LogP contribution < -0.4 is 0 Å². The normalized spacial score (nSPS) is 40.2.